The highest BCUT2D eigenvalue weighted by Gasteiger charge is 2.28. The van der Waals surface area contributed by atoms with Crippen LogP contribution in [-0.4, -0.2) is 11.9 Å². The van der Waals surface area contributed by atoms with Crippen molar-refractivity contribution in [1.82, 2.24) is 5.32 Å². The quantitative estimate of drug-likeness (QED) is 0.890. The third kappa shape index (κ3) is 4.51. The molecule has 1 aromatic carbocycles. The van der Waals surface area contributed by atoms with Gasteiger partial charge in [-0.1, -0.05) is 51.4 Å². The highest BCUT2D eigenvalue weighted by Crippen LogP contribution is 2.21. The third-order valence-electron chi connectivity index (χ3n) is 3.21. The Labute approximate surface area is 120 Å². The molecule has 1 amide bonds. The molecule has 1 unspecified atom stereocenters. The fourth-order valence-electron chi connectivity index (χ4n) is 1.77. The summed E-state index contributed by atoms with van der Waals surface area (Å²) in [6.07, 6.45) is 0.810. The zero-order valence-corrected chi connectivity index (χ0v) is 12.8. The molecule has 4 heteroatoms. The molecule has 0 aliphatic rings. The average Bonchev–Trinajstić information content (AvgIpc) is 2.34. The number of amides is 1. The Kier molecular flexibility index (Phi) is 5.39. The zero-order chi connectivity index (χ0) is 14.6. The van der Waals surface area contributed by atoms with Gasteiger partial charge in [0.2, 0.25) is 5.91 Å². The molecule has 2 atom stereocenters. The van der Waals surface area contributed by atoms with Crippen LogP contribution in [0.3, 0.4) is 0 Å². The van der Waals surface area contributed by atoms with E-state index in [9.17, 15) is 4.79 Å². The summed E-state index contributed by atoms with van der Waals surface area (Å²) in [6.45, 7) is 7.91. The van der Waals surface area contributed by atoms with Crippen LogP contribution in [0.5, 0.6) is 0 Å². The van der Waals surface area contributed by atoms with E-state index in [0.717, 1.165) is 12.0 Å². The highest BCUT2D eigenvalue weighted by atomic mass is 35.5. The monoisotopic (exact) mass is 282 g/mol. The van der Waals surface area contributed by atoms with Crippen LogP contribution in [0.2, 0.25) is 5.02 Å². The first-order chi connectivity index (χ1) is 8.75. The van der Waals surface area contributed by atoms with E-state index >= 15 is 0 Å². The number of carbonyl (C=O) groups is 1. The molecule has 0 aliphatic heterocycles. The summed E-state index contributed by atoms with van der Waals surface area (Å²) < 4.78 is 0. The van der Waals surface area contributed by atoms with Crippen molar-refractivity contribution in [3.8, 4) is 0 Å². The van der Waals surface area contributed by atoms with E-state index in [0.29, 0.717) is 5.02 Å². The highest BCUT2D eigenvalue weighted by molar-refractivity contribution is 6.30. The van der Waals surface area contributed by atoms with Gasteiger partial charge >= 0.3 is 0 Å². The first-order valence-corrected chi connectivity index (χ1v) is 6.95. The van der Waals surface area contributed by atoms with E-state index < -0.39 is 6.04 Å². The van der Waals surface area contributed by atoms with Crippen molar-refractivity contribution in [2.45, 2.75) is 46.2 Å². The largest absolute Gasteiger partial charge is 0.348 e. The molecule has 3 N–H and O–H groups in total. The Hall–Kier alpha value is -1.06. The molecule has 0 fully saturated rings. The van der Waals surface area contributed by atoms with Gasteiger partial charge < -0.3 is 11.1 Å². The lowest BCUT2D eigenvalue weighted by Gasteiger charge is -2.28. The molecular weight excluding hydrogens is 260 g/mol. The molecular formula is C15H23ClN2O. The number of benzene rings is 1. The average molecular weight is 283 g/mol. The molecule has 0 bridgehead atoms. The van der Waals surface area contributed by atoms with E-state index in [4.69, 9.17) is 17.3 Å². The van der Waals surface area contributed by atoms with Gasteiger partial charge in [0.1, 0.15) is 0 Å². The van der Waals surface area contributed by atoms with Gasteiger partial charge in [-0.05, 0) is 29.5 Å². The van der Waals surface area contributed by atoms with Crippen molar-refractivity contribution in [3.05, 3.63) is 34.9 Å². The van der Waals surface area contributed by atoms with Gasteiger partial charge in [-0.2, -0.15) is 0 Å². The van der Waals surface area contributed by atoms with Gasteiger partial charge in [0, 0.05) is 5.02 Å². The minimum Gasteiger partial charge on any atom is -0.348 e. The van der Waals surface area contributed by atoms with Crippen LogP contribution in [0, 0.1) is 5.41 Å². The summed E-state index contributed by atoms with van der Waals surface area (Å²) in [5, 5.41) is 3.69. The van der Waals surface area contributed by atoms with Gasteiger partial charge in [-0.25, -0.2) is 0 Å². The molecule has 0 aliphatic carbocycles. The lowest BCUT2D eigenvalue weighted by atomic mass is 9.86. The normalized spacial score (nSPS) is 14.8. The van der Waals surface area contributed by atoms with Crippen molar-refractivity contribution in [1.29, 1.82) is 0 Å². The first kappa shape index (κ1) is 16.0. The van der Waals surface area contributed by atoms with E-state index in [1.54, 1.807) is 0 Å². The Morgan fingerprint density at radius 3 is 2.26 bits per heavy atom. The zero-order valence-electron chi connectivity index (χ0n) is 12.0. The van der Waals surface area contributed by atoms with Gasteiger partial charge in [-0.3, -0.25) is 4.79 Å². The summed E-state index contributed by atoms with van der Waals surface area (Å²) in [5.41, 5.74) is 6.76. The number of nitrogens with one attached hydrogen (secondary N) is 1. The smallest absolute Gasteiger partial charge is 0.237 e. The van der Waals surface area contributed by atoms with Crippen molar-refractivity contribution in [2.75, 3.05) is 0 Å². The maximum atomic E-state index is 12.1. The van der Waals surface area contributed by atoms with Gasteiger partial charge in [0.25, 0.3) is 0 Å². The van der Waals surface area contributed by atoms with Gasteiger partial charge in [-0.15, -0.1) is 0 Å². The summed E-state index contributed by atoms with van der Waals surface area (Å²) >= 11 is 5.87. The lowest BCUT2D eigenvalue weighted by molar-refractivity contribution is -0.125. The van der Waals surface area contributed by atoms with Crippen molar-refractivity contribution < 1.29 is 4.79 Å². The van der Waals surface area contributed by atoms with Gasteiger partial charge in [0.05, 0.1) is 12.1 Å². The topological polar surface area (TPSA) is 55.1 Å². The second kappa shape index (κ2) is 6.40. The molecule has 0 spiro atoms. The van der Waals surface area contributed by atoms with Crippen LogP contribution in [-0.2, 0) is 4.79 Å². The van der Waals surface area contributed by atoms with Crippen molar-refractivity contribution in [3.63, 3.8) is 0 Å². The second-order valence-corrected chi connectivity index (χ2v) is 6.30. The van der Waals surface area contributed by atoms with Crippen LogP contribution in [0.15, 0.2) is 24.3 Å². The van der Waals surface area contributed by atoms with E-state index in [2.05, 4.69) is 5.32 Å². The number of rotatable bonds is 4. The predicted molar refractivity (Wildman–Crippen MR) is 80.1 cm³/mol. The van der Waals surface area contributed by atoms with Gasteiger partial charge in [0.15, 0.2) is 0 Å². The Balaban J connectivity index is 2.78. The number of hydrogen-bond acceptors (Lipinski definition) is 2. The maximum absolute atomic E-state index is 12.1. The summed E-state index contributed by atoms with van der Waals surface area (Å²) in [5.74, 6) is -0.116. The van der Waals surface area contributed by atoms with Crippen LogP contribution in [0.4, 0.5) is 0 Å². The number of carbonyl (C=O) groups excluding carboxylic acids is 1. The standard InChI is InChI=1S/C15H23ClN2O/c1-5-12(10-6-8-11(16)9-7-10)18-14(19)13(17)15(2,3)4/h6-9,12-13H,5,17H2,1-4H3,(H,18,19)/t12?,13-/m0/s1. The van der Waals surface area contributed by atoms with Crippen LogP contribution in [0.25, 0.3) is 0 Å². The number of halogens is 1. The summed E-state index contributed by atoms with van der Waals surface area (Å²) in [4.78, 5) is 12.1. The summed E-state index contributed by atoms with van der Waals surface area (Å²) in [7, 11) is 0. The lowest BCUT2D eigenvalue weighted by Crippen LogP contribution is -2.49. The fourth-order valence-corrected chi connectivity index (χ4v) is 1.90. The van der Waals surface area contributed by atoms with E-state index in [1.165, 1.54) is 0 Å². The molecule has 0 heterocycles. The second-order valence-electron chi connectivity index (χ2n) is 5.86. The van der Waals surface area contributed by atoms with E-state index in [-0.39, 0.29) is 17.4 Å². The molecule has 0 saturated carbocycles. The molecule has 0 saturated heterocycles. The minimum absolute atomic E-state index is 0.0295. The van der Waals surface area contributed by atoms with Crippen LogP contribution < -0.4 is 11.1 Å². The van der Waals surface area contributed by atoms with Crippen molar-refractivity contribution in [2.24, 2.45) is 11.1 Å². The molecule has 1 rings (SSSR count). The van der Waals surface area contributed by atoms with E-state index in [1.807, 2.05) is 52.0 Å². The van der Waals surface area contributed by atoms with Crippen molar-refractivity contribution >= 4 is 17.5 Å². The van der Waals surface area contributed by atoms with Crippen LogP contribution in [0.1, 0.15) is 45.7 Å². The Morgan fingerprint density at radius 1 is 1.32 bits per heavy atom. The molecule has 0 aromatic heterocycles. The predicted octanol–water partition coefficient (Wildman–Crippen LogP) is 3.28. The minimum atomic E-state index is -0.520. The molecule has 3 nitrogen and oxygen atoms in total. The third-order valence-corrected chi connectivity index (χ3v) is 3.46. The Morgan fingerprint density at radius 2 is 1.84 bits per heavy atom. The molecule has 19 heavy (non-hydrogen) atoms. The number of nitrogens with two attached hydrogens (primary N) is 1. The molecule has 106 valence electrons. The first-order valence-electron chi connectivity index (χ1n) is 6.57. The van der Waals surface area contributed by atoms with Crippen LogP contribution >= 0.6 is 11.6 Å². The SMILES string of the molecule is CCC(NC(=O)[C@H](N)C(C)(C)C)c1ccc(Cl)cc1. The Bertz CT molecular complexity index is 423. The maximum Gasteiger partial charge on any atom is 0.237 e. The fraction of sp³-hybridized carbons (Fsp3) is 0.533. The molecule has 0 radical (unpaired) electrons. The number of hydrogen-bond donors (Lipinski definition) is 2. The summed E-state index contributed by atoms with van der Waals surface area (Å²) in [6, 6.07) is 6.97. The molecule has 1 aromatic rings.